The molecule has 0 aliphatic carbocycles. The van der Waals surface area contributed by atoms with Crippen molar-refractivity contribution in [2.75, 3.05) is 0 Å². The molecule has 0 aliphatic rings. The summed E-state index contributed by atoms with van der Waals surface area (Å²) in [5.74, 6) is -2.20. The fraction of sp³-hybridized carbons (Fsp3) is 0.357. The van der Waals surface area contributed by atoms with E-state index in [0.717, 1.165) is 0 Å². The van der Waals surface area contributed by atoms with Gasteiger partial charge in [0, 0.05) is 11.1 Å². The van der Waals surface area contributed by atoms with Gasteiger partial charge in [0.25, 0.3) is 5.91 Å². The Labute approximate surface area is 117 Å². The second kappa shape index (κ2) is 5.73. The van der Waals surface area contributed by atoms with Gasteiger partial charge in [-0.05, 0) is 29.7 Å². The summed E-state index contributed by atoms with van der Waals surface area (Å²) in [5.41, 5.74) is 5.04. The van der Waals surface area contributed by atoms with Gasteiger partial charge in [0.05, 0.1) is 0 Å². The van der Waals surface area contributed by atoms with Gasteiger partial charge in [-0.1, -0.05) is 20.8 Å². The van der Waals surface area contributed by atoms with E-state index in [-0.39, 0.29) is 11.1 Å². The number of amides is 2. The Bertz CT molecular complexity index is 529. The number of primary amides is 1. The van der Waals surface area contributed by atoms with E-state index in [1.54, 1.807) is 20.8 Å². The summed E-state index contributed by atoms with van der Waals surface area (Å²) in [6, 6.07) is 4.69. The van der Waals surface area contributed by atoms with Crippen LogP contribution < -0.4 is 11.1 Å². The molecule has 1 aromatic rings. The summed E-state index contributed by atoms with van der Waals surface area (Å²) < 4.78 is 0. The van der Waals surface area contributed by atoms with E-state index in [2.05, 4.69) is 5.32 Å². The summed E-state index contributed by atoms with van der Waals surface area (Å²) in [5, 5.41) is 11.6. The lowest BCUT2D eigenvalue weighted by molar-refractivity contribution is -0.142. The summed E-state index contributed by atoms with van der Waals surface area (Å²) >= 11 is 0. The molecule has 20 heavy (non-hydrogen) atoms. The molecule has 1 rings (SSSR count). The number of nitrogens with two attached hydrogens (primary N) is 1. The van der Waals surface area contributed by atoms with E-state index in [9.17, 15) is 14.4 Å². The largest absolute Gasteiger partial charge is 0.480 e. The molecule has 1 atom stereocenters. The number of hydrogen-bond acceptors (Lipinski definition) is 3. The van der Waals surface area contributed by atoms with Crippen LogP contribution in [-0.4, -0.2) is 28.9 Å². The molecular weight excluding hydrogens is 260 g/mol. The molecule has 0 saturated carbocycles. The van der Waals surface area contributed by atoms with E-state index >= 15 is 0 Å². The molecule has 108 valence electrons. The molecule has 0 radical (unpaired) electrons. The van der Waals surface area contributed by atoms with E-state index in [1.807, 2.05) is 0 Å². The van der Waals surface area contributed by atoms with Crippen molar-refractivity contribution < 1.29 is 19.5 Å². The Morgan fingerprint density at radius 2 is 1.55 bits per heavy atom. The standard InChI is InChI=1S/C14H18N2O4/c1-14(2,3)10(13(19)20)16-12(18)9-6-4-8(5-7-9)11(15)17/h4-7,10H,1-3H3,(H2,15,17)(H,16,18)(H,19,20)/t10-/m0/s1. The smallest absolute Gasteiger partial charge is 0.326 e. The van der Waals surface area contributed by atoms with Gasteiger partial charge in [-0.3, -0.25) is 9.59 Å². The summed E-state index contributed by atoms with van der Waals surface area (Å²) in [7, 11) is 0. The van der Waals surface area contributed by atoms with Crippen molar-refractivity contribution in [1.29, 1.82) is 0 Å². The lowest BCUT2D eigenvalue weighted by atomic mass is 9.86. The maximum absolute atomic E-state index is 12.0. The van der Waals surface area contributed by atoms with Gasteiger partial charge in [0.15, 0.2) is 0 Å². The number of carbonyl (C=O) groups is 3. The molecule has 0 aliphatic heterocycles. The topological polar surface area (TPSA) is 109 Å². The van der Waals surface area contributed by atoms with Crippen LogP contribution in [0.2, 0.25) is 0 Å². The molecule has 6 nitrogen and oxygen atoms in total. The van der Waals surface area contributed by atoms with Gasteiger partial charge in [-0.2, -0.15) is 0 Å². The molecule has 0 bridgehead atoms. The van der Waals surface area contributed by atoms with Crippen molar-refractivity contribution in [2.24, 2.45) is 11.1 Å². The number of aliphatic carboxylic acids is 1. The van der Waals surface area contributed by atoms with Gasteiger partial charge in [-0.25, -0.2) is 4.79 Å². The zero-order chi connectivity index (χ0) is 15.5. The number of hydrogen-bond donors (Lipinski definition) is 3. The van der Waals surface area contributed by atoms with Crippen molar-refractivity contribution in [3.63, 3.8) is 0 Å². The molecule has 2 amide bonds. The second-order valence-electron chi connectivity index (χ2n) is 5.55. The highest BCUT2D eigenvalue weighted by Gasteiger charge is 2.32. The monoisotopic (exact) mass is 278 g/mol. The first kappa shape index (κ1) is 15.7. The van der Waals surface area contributed by atoms with Gasteiger partial charge in [0.1, 0.15) is 6.04 Å². The van der Waals surface area contributed by atoms with Crippen molar-refractivity contribution >= 4 is 17.8 Å². The lowest BCUT2D eigenvalue weighted by Crippen LogP contribution is -2.49. The van der Waals surface area contributed by atoms with Crippen molar-refractivity contribution in [1.82, 2.24) is 5.32 Å². The molecule has 0 fully saturated rings. The molecule has 6 heteroatoms. The first-order valence-corrected chi connectivity index (χ1v) is 6.06. The van der Waals surface area contributed by atoms with Gasteiger partial charge in [-0.15, -0.1) is 0 Å². The summed E-state index contributed by atoms with van der Waals surface area (Å²) in [4.78, 5) is 34.1. The third-order valence-corrected chi connectivity index (χ3v) is 2.82. The predicted molar refractivity (Wildman–Crippen MR) is 73.3 cm³/mol. The van der Waals surface area contributed by atoms with Crippen LogP contribution in [0.15, 0.2) is 24.3 Å². The predicted octanol–water partition coefficient (Wildman–Crippen LogP) is 1.01. The summed E-state index contributed by atoms with van der Waals surface area (Å²) in [6.07, 6.45) is 0. The van der Waals surface area contributed by atoms with Crippen LogP contribution in [0.1, 0.15) is 41.5 Å². The van der Waals surface area contributed by atoms with Crippen LogP contribution in [0.5, 0.6) is 0 Å². The van der Waals surface area contributed by atoms with Crippen LogP contribution in [0.3, 0.4) is 0 Å². The SMILES string of the molecule is CC(C)(C)[C@@H](NC(=O)c1ccc(C(N)=O)cc1)C(=O)O. The Morgan fingerprint density at radius 3 is 1.90 bits per heavy atom. The molecule has 0 spiro atoms. The van der Waals surface area contributed by atoms with Crippen molar-refractivity contribution in [3.05, 3.63) is 35.4 Å². The number of carbonyl (C=O) groups excluding carboxylic acids is 2. The van der Waals surface area contributed by atoms with Crippen molar-refractivity contribution in [2.45, 2.75) is 26.8 Å². The lowest BCUT2D eigenvalue weighted by Gasteiger charge is -2.27. The van der Waals surface area contributed by atoms with Crippen molar-refractivity contribution in [3.8, 4) is 0 Å². The average molecular weight is 278 g/mol. The molecule has 0 heterocycles. The van der Waals surface area contributed by atoms with Gasteiger partial charge >= 0.3 is 5.97 Å². The third kappa shape index (κ3) is 3.81. The van der Waals surface area contributed by atoms with Crippen LogP contribution in [0.4, 0.5) is 0 Å². The van der Waals surface area contributed by atoms with E-state index in [4.69, 9.17) is 10.8 Å². The van der Waals surface area contributed by atoms with E-state index in [0.29, 0.717) is 0 Å². The minimum absolute atomic E-state index is 0.269. The first-order valence-electron chi connectivity index (χ1n) is 6.06. The Kier molecular flexibility index (Phi) is 4.49. The zero-order valence-corrected chi connectivity index (χ0v) is 11.6. The third-order valence-electron chi connectivity index (χ3n) is 2.82. The normalized spacial score (nSPS) is 12.6. The molecule has 0 aromatic heterocycles. The van der Waals surface area contributed by atoms with Gasteiger partial charge < -0.3 is 16.2 Å². The number of carboxylic acids is 1. The van der Waals surface area contributed by atoms with Crippen LogP contribution in [0.25, 0.3) is 0 Å². The van der Waals surface area contributed by atoms with Gasteiger partial charge in [0.2, 0.25) is 5.91 Å². The highest BCUT2D eigenvalue weighted by Crippen LogP contribution is 2.20. The molecular formula is C14H18N2O4. The zero-order valence-electron chi connectivity index (χ0n) is 11.6. The van der Waals surface area contributed by atoms with E-state index < -0.39 is 29.2 Å². The maximum Gasteiger partial charge on any atom is 0.326 e. The Balaban J connectivity index is 2.90. The minimum atomic E-state index is -1.10. The van der Waals surface area contributed by atoms with Crippen LogP contribution in [0, 0.1) is 5.41 Å². The maximum atomic E-state index is 12.0. The Hall–Kier alpha value is -2.37. The fourth-order valence-electron chi connectivity index (χ4n) is 1.65. The Morgan fingerprint density at radius 1 is 1.10 bits per heavy atom. The number of rotatable bonds is 4. The number of carboxylic acid groups (broad SMARTS) is 1. The van der Waals surface area contributed by atoms with Crippen LogP contribution in [-0.2, 0) is 4.79 Å². The number of benzene rings is 1. The molecule has 4 N–H and O–H groups in total. The highest BCUT2D eigenvalue weighted by molar-refractivity contribution is 5.98. The average Bonchev–Trinajstić information content (AvgIpc) is 2.33. The number of nitrogens with one attached hydrogen (secondary N) is 1. The molecule has 1 aromatic carbocycles. The fourth-order valence-corrected chi connectivity index (χ4v) is 1.65. The molecule has 0 saturated heterocycles. The highest BCUT2D eigenvalue weighted by atomic mass is 16.4. The second-order valence-corrected chi connectivity index (χ2v) is 5.55. The van der Waals surface area contributed by atoms with Crippen LogP contribution >= 0.6 is 0 Å². The quantitative estimate of drug-likeness (QED) is 0.763. The van der Waals surface area contributed by atoms with E-state index in [1.165, 1.54) is 24.3 Å². The summed E-state index contributed by atoms with van der Waals surface area (Å²) in [6.45, 7) is 5.17. The minimum Gasteiger partial charge on any atom is -0.480 e. The molecule has 0 unspecified atom stereocenters. The first-order chi connectivity index (χ1) is 9.12.